The van der Waals surface area contributed by atoms with Gasteiger partial charge in [0, 0.05) is 18.5 Å². The van der Waals surface area contributed by atoms with Gasteiger partial charge in [0.05, 0.1) is 0 Å². The lowest BCUT2D eigenvalue weighted by atomic mass is 9.81. The second kappa shape index (κ2) is 4.62. The monoisotopic (exact) mass is 228 g/mol. The van der Waals surface area contributed by atoms with Gasteiger partial charge in [-0.05, 0) is 33.2 Å². The van der Waals surface area contributed by atoms with Crippen LogP contribution < -0.4 is 10.6 Å². The highest BCUT2D eigenvalue weighted by molar-refractivity contribution is 5.67. The summed E-state index contributed by atoms with van der Waals surface area (Å²) in [4.78, 5) is 11.5. The fraction of sp³-hybridized carbons (Fsp3) is 0.917. The molecule has 1 amide bonds. The van der Waals surface area contributed by atoms with Gasteiger partial charge in [-0.3, -0.25) is 0 Å². The van der Waals surface area contributed by atoms with Crippen molar-refractivity contribution in [2.24, 2.45) is 11.3 Å². The number of carbonyl (C=O) groups is 1. The third-order valence-electron chi connectivity index (χ3n) is 3.20. The van der Waals surface area contributed by atoms with E-state index in [4.69, 9.17) is 4.74 Å². The summed E-state index contributed by atoms with van der Waals surface area (Å²) in [6.07, 6.45) is -0.326. The molecule has 0 bridgehead atoms. The number of ether oxygens (including phenoxy) is 1. The molecule has 4 heteroatoms. The van der Waals surface area contributed by atoms with Gasteiger partial charge in [-0.2, -0.15) is 0 Å². The van der Waals surface area contributed by atoms with E-state index in [1.165, 1.54) is 0 Å². The summed E-state index contributed by atoms with van der Waals surface area (Å²) in [6.45, 7) is 12.6. The molecular weight excluding hydrogens is 204 g/mol. The topological polar surface area (TPSA) is 50.4 Å². The third-order valence-corrected chi connectivity index (χ3v) is 3.20. The van der Waals surface area contributed by atoms with Crippen LogP contribution in [0.5, 0.6) is 0 Å². The second-order valence-electron chi connectivity index (χ2n) is 6.04. The molecular formula is C12H24N2O2. The molecule has 0 aromatic carbocycles. The molecule has 1 aliphatic heterocycles. The van der Waals surface area contributed by atoms with Gasteiger partial charge >= 0.3 is 6.09 Å². The van der Waals surface area contributed by atoms with E-state index in [-0.39, 0.29) is 11.5 Å². The first-order valence-corrected chi connectivity index (χ1v) is 5.90. The Morgan fingerprint density at radius 2 is 2.19 bits per heavy atom. The SMILES string of the molecule is C[C@@H]1CNC[C@@]1(C)CNC(=O)OC(C)(C)C. The standard InChI is InChI=1S/C12H24N2O2/c1-9-6-13-7-12(9,5)8-14-10(15)16-11(2,3)4/h9,13H,6-8H2,1-5H3,(H,14,15)/t9-,12+/m1/s1. The zero-order valence-electron chi connectivity index (χ0n) is 11.0. The van der Waals surface area contributed by atoms with Crippen LogP contribution in [0.25, 0.3) is 0 Å². The number of rotatable bonds is 2. The maximum atomic E-state index is 11.5. The van der Waals surface area contributed by atoms with E-state index in [1.807, 2.05) is 20.8 Å². The van der Waals surface area contributed by atoms with E-state index in [9.17, 15) is 4.79 Å². The van der Waals surface area contributed by atoms with E-state index in [1.54, 1.807) is 0 Å². The van der Waals surface area contributed by atoms with Gasteiger partial charge in [0.1, 0.15) is 5.60 Å². The van der Waals surface area contributed by atoms with Crippen molar-refractivity contribution < 1.29 is 9.53 Å². The van der Waals surface area contributed by atoms with Crippen molar-refractivity contribution in [3.05, 3.63) is 0 Å². The maximum Gasteiger partial charge on any atom is 0.407 e. The summed E-state index contributed by atoms with van der Waals surface area (Å²) in [5.74, 6) is 0.572. The summed E-state index contributed by atoms with van der Waals surface area (Å²) in [5, 5.41) is 6.19. The van der Waals surface area contributed by atoms with Crippen LogP contribution in [-0.2, 0) is 4.74 Å². The van der Waals surface area contributed by atoms with Gasteiger partial charge in [0.2, 0.25) is 0 Å². The summed E-state index contributed by atoms with van der Waals surface area (Å²) in [7, 11) is 0. The van der Waals surface area contributed by atoms with Crippen LogP contribution >= 0.6 is 0 Å². The molecule has 0 radical (unpaired) electrons. The molecule has 0 unspecified atom stereocenters. The zero-order valence-corrected chi connectivity index (χ0v) is 11.0. The first kappa shape index (κ1) is 13.3. The zero-order chi connectivity index (χ0) is 12.4. The number of nitrogens with one attached hydrogen (secondary N) is 2. The van der Waals surface area contributed by atoms with E-state index < -0.39 is 5.60 Å². The molecule has 1 fully saturated rings. The van der Waals surface area contributed by atoms with Gasteiger partial charge < -0.3 is 15.4 Å². The van der Waals surface area contributed by atoms with E-state index in [2.05, 4.69) is 24.5 Å². The highest BCUT2D eigenvalue weighted by Gasteiger charge is 2.36. The molecule has 1 saturated heterocycles. The van der Waals surface area contributed by atoms with Crippen molar-refractivity contribution >= 4 is 6.09 Å². The first-order valence-electron chi connectivity index (χ1n) is 5.90. The average Bonchev–Trinajstić information content (AvgIpc) is 2.42. The molecule has 0 saturated carbocycles. The Bertz CT molecular complexity index is 260. The van der Waals surface area contributed by atoms with Crippen LogP contribution in [0.3, 0.4) is 0 Å². The molecule has 2 N–H and O–H groups in total. The Kier molecular flexibility index (Phi) is 3.84. The van der Waals surface area contributed by atoms with Gasteiger partial charge in [-0.25, -0.2) is 4.79 Å². The van der Waals surface area contributed by atoms with Crippen molar-refractivity contribution in [2.45, 2.75) is 40.2 Å². The lowest BCUT2D eigenvalue weighted by Crippen LogP contribution is -2.42. The molecule has 0 spiro atoms. The smallest absolute Gasteiger partial charge is 0.407 e. The number of amides is 1. The minimum atomic E-state index is -0.426. The molecule has 0 aromatic heterocycles. The van der Waals surface area contributed by atoms with Crippen LogP contribution in [0, 0.1) is 11.3 Å². The Labute approximate surface area is 98.1 Å². The number of hydrogen-bond donors (Lipinski definition) is 2. The van der Waals surface area contributed by atoms with E-state index in [0.29, 0.717) is 12.5 Å². The third kappa shape index (κ3) is 3.67. The highest BCUT2D eigenvalue weighted by atomic mass is 16.6. The molecule has 1 heterocycles. The average molecular weight is 228 g/mol. The highest BCUT2D eigenvalue weighted by Crippen LogP contribution is 2.29. The summed E-state index contributed by atoms with van der Waals surface area (Å²) in [6, 6.07) is 0. The lowest BCUT2D eigenvalue weighted by molar-refractivity contribution is 0.0498. The lowest BCUT2D eigenvalue weighted by Gasteiger charge is -2.29. The molecule has 94 valence electrons. The normalized spacial score (nSPS) is 30.2. The van der Waals surface area contributed by atoms with E-state index >= 15 is 0 Å². The quantitative estimate of drug-likeness (QED) is 0.757. The first-order chi connectivity index (χ1) is 7.23. The molecule has 16 heavy (non-hydrogen) atoms. The fourth-order valence-corrected chi connectivity index (χ4v) is 1.82. The minimum Gasteiger partial charge on any atom is -0.444 e. The largest absolute Gasteiger partial charge is 0.444 e. The number of alkyl carbamates (subject to hydrolysis) is 1. The molecule has 0 aromatic rings. The Morgan fingerprint density at radius 3 is 2.62 bits per heavy atom. The van der Waals surface area contributed by atoms with Gasteiger partial charge in [0.15, 0.2) is 0 Å². The van der Waals surface area contributed by atoms with Crippen LogP contribution in [0.2, 0.25) is 0 Å². The van der Waals surface area contributed by atoms with Crippen LogP contribution in [0.15, 0.2) is 0 Å². The predicted octanol–water partition coefficient (Wildman–Crippen LogP) is 1.76. The van der Waals surface area contributed by atoms with Crippen molar-refractivity contribution in [3.63, 3.8) is 0 Å². The number of hydrogen-bond acceptors (Lipinski definition) is 3. The molecule has 1 aliphatic rings. The van der Waals surface area contributed by atoms with Gasteiger partial charge in [0.25, 0.3) is 0 Å². The van der Waals surface area contributed by atoms with Crippen molar-refractivity contribution in [2.75, 3.05) is 19.6 Å². The van der Waals surface area contributed by atoms with Gasteiger partial charge in [-0.1, -0.05) is 13.8 Å². The summed E-state index contributed by atoms with van der Waals surface area (Å²) in [5.41, 5.74) is -0.290. The van der Waals surface area contributed by atoms with Crippen LogP contribution in [-0.4, -0.2) is 31.3 Å². The van der Waals surface area contributed by atoms with Crippen LogP contribution in [0.1, 0.15) is 34.6 Å². The minimum absolute atomic E-state index is 0.136. The number of carbonyl (C=O) groups excluding carboxylic acids is 1. The van der Waals surface area contributed by atoms with Crippen molar-refractivity contribution in [1.82, 2.24) is 10.6 Å². The Hall–Kier alpha value is -0.770. The summed E-state index contributed by atoms with van der Waals surface area (Å²) >= 11 is 0. The van der Waals surface area contributed by atoms with E-state index in [0.717, 1.165) is 13.1 Å². The van der Waals surface area contributed by atoms with Crippen molar-refractivity contribution in [1.29, 1.82) is 0 Å². The maximum absolute atomic E-state index is 11.5. The molecule has 2 atom stereocenters. The van der Waals surface area contributed by atoms with Gasteiger partial charge in [-0.15, -0.1) is 0 Å². The molecule has 0 aliphatic carbocycles. The second-order valence-corrected chi connectivity index (χ2v) is 6.04. The van der Waals surface area contributed by atoms with Crippen LogP contribution in [0.4, 0.5) is 4.79 Å². The molecule has 1 rings (SSSR count). The fourth-order valence-electron chi connectivity index (χ4n) is 1.82. The van der Waals surface area contributed by atoms with Crippen molar-refractivity contribution in [3.8, 4) is 0 Å². The molecule has 4 nitrogen and oxygen atoms in total. The Morgan fingerprint density at radius 1 is 1.56 bits per heavy atom. The Balaban J connectivity index is 2.37. The predicted molar refractivity (Wildman–Crippen MR) is 64.4 cm³/mol. The summed E-state index contributed by atoms with van der Waals surface area (Å²) < 4.78 is 5.21.